The van der Waals surface area contributed by atoms with Crippen molar-refractivity contribution in [1.82, 2.24) is 4.57 Å². The summed E-state index contributed by atoms with van der Waals surface area (Å²) in [5.41, 5.74) is 2.78. The number of halogens is 2. The van der Waals surface area contributed by atoms with Crippen LogP contribution in [0.1, 0.15) is 40.7 Å². The zero-order chi connectivity index (χ0) is 14.1. The van der Waals surface area contributed by atoms with Crippen LogP contribution in [0, 0.1) is 5.82 Å². The molecule has 1 aliphatic carbocycles. The van der Waals surface area contributed by atoms with Crippen LogP contribution in [0.2, 0.25) is 5.02 Å². The number of nitrogens with zero attached hydrogens (tertiary/aromatic N) is 1. The molecule has 0 spiro atoms. The van der Waals surface area contributed by atoms with Crippen molar-refractivity contribution >= 4 is 17.4 Å². The van der Waals surface area contributed by atoms with Crippen molar-refractivity contribution < 1.29 is 9.18 Å². The molecule has 3 rings (SSSR count). The van der Waals surface area contributed by atoms with Crippen molar-refractivity contribution in [3.05, 3.63) is 58.1 Å². The van der Waals surface area contributed by atoms with E-state index in [1.807, 2.05) is 17.0 Å². The predicted molar refractivity (Wildman–Crippen MR) is 76.8 cm³/mol. The molecule has 1 aliphatic rings. The molecule has 0 fully saturated rings. The van der Waals surface area contributed by atoms with E-state index in [1.54, 1.807) is 12.1 Å². The fourth-order valence-electron chi connectivity index (χ4n) is 2.68. The largest absolute Gasteiger partial charge is 0.349 e. The lowest BCUT2D eigenvalue weighted by Gasteiger charge is -2.04. The molecule has 0 atom stereocenters. The molecule has 0 N–H and O–H groups in total. The first-order valence-electron chi connectivity index (χ1n) is 6.79. The summed E-state index contributed by atoms with van der Waals surface area (Å²) in [6, 6.07) is 4.81. The average Bonchev–Trinajstić information content (AvgIpc) is 2.74. The third-order valence-corrected chi connectivity index (χ3v) is 4.02. The van der Waals surface area contributed by atoms with Crippen molar-refractivity contribution in [1.29, 1.82) is 0 Å². The number of fused-ring (bicyclic) bond motifs is 1. The molecule has 0 aliphatic heterocycles. The summed E-state index contributed by atoms with van der Waals surface area (Å²) in [5, 5.41) is 0.132. The zero-order valence-corrected chi connectivity index (χ0v) is 11.8. The quantitative estimate of drug-likeness (QED) is 0.759. The third-order valence-electron chi connectivity index (χ3n) is 3.71. The number of aromatic nitrogens is 1. The first-order chi connectivity index (χ1) is 9.63. The second-order valence-corrected chi connectivity index (χ2v) is 5.66. The Balaban J connectivity index is 1.86. The van der Waals surface area contributed by atoms with Gasteiger partial charge in [0.1, 0.15) is 5.82 Å². The Bertz CT molecular complexity index is 662. The van der Waals surface area contributed by atoms with Gasteiger partial charge in [-0.3, -0.25) is 4.79 Å². The van der Waals surface area contributed by atoms with Crippen LogP contribution in [0.4, 0.5) is 4.39 Å². The molecule has 0 amide bonds. The van der Waals surface area contributed by atoms with E-state index in [1.165, 1.54) is 6.07 Å². The number of rotatable bonds is 2. The maximum absolute atomic E-state index is 13.4. The summed E-state index contributed by atoms with van der Waals surface area (Å²) in [5.74, 6) is -0.188. The summed E-state index contributed by atoms with van der Waals surface area (Å²) >= 11 is 5.68. The van der Waals surface area contributed by atoms with Gasteiger partial charge in [-0.2, -0.15) is 0 Å². The molecule has 1 aromatic heterocycles. The maximum Gasteiger partial charge on any atom is 0.164 e. The van der Waals surface area contributed by atoms with Gasteiger partial charge in [0.05, 0.1) is 5.02 Å². The number of aryl methyl sites for hydroxylation is 1. The molecular weight excluding hydrogens is 277 g/mol. The third kappa shape index (κ3) is 2.63. The molecule has 2 aromatic rings. The van der Waals surface area contributed by atoms with E-state index in [-0.39, 0.29) is 10.8 Å². The number of hydrogen-bond acceptors (Lipinski definition) is 1. The van der Waals surface area contributed by atoms with Crippen LogP contribution in [-0.2, 0) is 13.0 Å². The minimum absolute atomic E-state index is 0.132. The molecule has 20 heavy (non-hydrogen) atoms. The molecule has 0 saturated carbocycles. The SMILES string of the molecule is O=C1CCCCc2cn(Cc3ccc(Cl)c(F)c3)cc21. The van der Waals surface area contributed by atoms with Gasteiger partial charge in [0.2, 0.25) is 0 Å². The van der Waals surface area contributed by atoms with Crippen molar-refractivity contribution in [2.75, 3.05) is 0 Å². The summed E-state index contributed by atoms with van der Waals surface area (Å²) in [6.45, 7) is 0.550. The van der Waals surface area contributed by atoms with Gasteiger partial charge in [-0.25, -0.2) is 4.39 Å². The first-order valence-corrected chi connectivity index (χ1v) is 7.17. The molecule has 0 unspecified atom stereocenters. The minimum Gasteiger partial charge on any atom is -0.349 e. The zero-order valence-electron chi connectivity index (χ0n) is 11.0. The second kappa shape index (κ2) is 5.41. The Hall–Kier alpha value is -1.61. The fourth-order valence-corrected chi connectivity index (χ4v) is 2.80. The van der Waals surface area contributed by atoms with Gasteiger partial charge in [0.15, 0.2) is 5.78 Å². The Morgan fingerprint density at radius 3 is 2.80 bits per heavy atom. The highest BCUT2D eigenvalue weighted by Crippen LogP contribution is 2.23. The van der Waals surface area contributed by atoms with Gasteiger partial charge >= 0.3 is 0 Å². The molecule has 104 valence electrons. The van der Waals surface area contributed by atoms with E-state index in [0.717, 1.165) is 36.0 Å². The molecule has 4 heteroatoms. The van der Waals surface area contributed by atoms with Crippen LogP contribution in [0.25, 0.3) is 0 Å². The van der Waals surface area contributed by atoms with Crippen LogP contribution in [0.3, 0.4) is 0 Å². The number of carbonyl (C=O) groups excluding carboxylic acids is 1. The fraction of sp³-hybridized carbons (Fsp3) is 0.312. The van der Waals surface area contributed by atoms with Crippen molar-refractivity contribution in [2.45, 2.75) is 32.2 Å². The Morgan fingerprint density at radius 1 is 1.20 bits per heavy atom. The van der Waals surface area contributed by atoms with Gasteiger partial charge in [-0.15, -0.1) is 0 Å². The number of Topliss-reactive ketones (excluding diaryl/α,β-unsaturated/α-hetero) is 1. The molecule has 1 aromatic carbocycles. The molecule has 0 saturated heterocycles. The van der Waals surface area contributed by atoms with Gasteiger partial charge < -0.3 is 4.57 Å². The van der Waals surface area contributed by atoms with Crippen LogP contribution in [-0.4, -0.2) is 10.4 Å². The summed E-state index contributed by atoms with van der Waals surface area (Å²) in [4.78, 5) is 12.0. The average molecular weight is 292 g/mol. The van der Waals surface area contributed by atoms with Gasteiger partial charge in [0.25, 0.3) is 0 Å². The van der Waals surface area contributed by atoms with Crippen LogP contribution >= 0.6 is 11.6 Å². The van der Waals surface area contributed by atoms with Gasteiger partial charge in [-0.05, 0) is 42.5 Å². The van der Waals surface area contributed by atoms with Crippen molar-refractivity contribution in [3.8, 4) is 0 Å². The lowest BCUT2D eigenvalue weighted by Crippen LogP contribution is -1.99. The van der Waals surface area contributed by atoms with Gasteiger partial charge in [0, 0.05) is 30.9 Å². The maximum atomic E-state index is 13.4. The molecule has 2 nitrogen and oxygen atoms in total. The number of benzene rings is 1. The summed E-state index contributed by atoms with van der Waals surface area (Å²) in [7, 11) is 0. The Morgan fingerprint density at radius 2 is 2.00 bits per heavy atom. The highest BCUT2D eigenvalue weighted by Gasteiger charge is 2.17. The number of carbonyl (C=O) groups is 1. The summed E-state index contributed by atoms with van der Waals surface area (Å²) < 4.78 is 15.4. The van der Waals surface area contributed by atoms with Crippen molar-refractivity contribution in [2.24, 2.45) is 0 Å². The van der Waals surface area contributed by atoms with E-state index in [2.05, 4.69) is 0 Å². The van der Waals surface area contributed by atoms with Gasteiger partial charge in [-0.1, -0.05) is 17.7 Å². The second-order valence-electron chi connectivity index (χ2n) is 5.25. The highest BCUT2D eigenvalue weighted by molar-refractivity contribution is 6.30. The lowest BCUT2D eigenvalue weighted by atomic mass is 10.1. The van der Waals surface area contributed by atoms with E-state index < -0.39 is 5.82 Å². The van der Waals surface area contributed by atoms with E-state index in [0.29, 0.717) is 13.0 Å². The first kappa shape index (κ1) is 13.4. The Kier molecular flexibility index (Phi) is 3.62. The Labute approximate surface area is 122 Å². The monoisotopic (exact) mass is 291 g/mol. The van der Waals surface area contributed by atoms with Crippen molar-refractivity contribution in [3.63, 3.8) is 0 Å². The number of hydrogen-bond donors (Lipinski definition) is 0. The van der Waals surface area contributed by atoms with Crippen LogP contribution in [0.5, 0.6) is 0 Å². The topological polar surface area (TPSA) is 22.0 Å². The summed E-state index contributed by atoms with van der Waals surface area (Å²) in [6.07, 6.45) is 7.49. The molecule has 0 bridgehead atoms. The lowest BCUT2D eigenvalue weighted by molar-refractivity contribution is 0.0982. The molecule has 1 heterocycles. The molecular formula is C16H15ClFNO. The highest BCUT2D eigenvalue weighted by atomic mass is 35.5. The predicted octanol–water partition coefficient (Wildman–Crippen LogP) is 4.24. The van der Waals surface area contributed by atoms with E-state index in [4.69, 9.17) is 11.6 Å². The van der Waals surface area contributed by atoms with Crippen LogP contribution < -0.4 is 0 Å². The van der Waals surface area contributed by atoms with Crippen LogP contribution in [0.15, 0.2) is 30.6 Å². The number of ketones is 1. The molecule has 0 radical (unpaired) electrons. The minimum atomic E-state index is -0.408. The normalized spacial score (nSPS) is 15.0. The smallest absolute Gasteiger partial charge is 0.164 e. The van der Waals surface area contributed by atoms with E-state index in [9.17, 15) is 9.18 Å². The standard InChI is InChI=1S/C16H15ClFNO/c17-14-6-5-11(7-15(14)18)8-19-9-12-3-1-2-4-16(20)13(12)10-19/h5-7,9-10H,1-4,8H2. The van der Waals surface area contributed by atoms with E-state index >= 15 is 0 Å².